The van der Waals surface area contributed by atoms with Crippen molar-refractivity contribution < 1.29 is 61.3 Å². The first-order valence-electron chi connectivity index (χ1n) is 4.35. The second-order valence-electron chi connectivity index (χ2n) is 2.43. The molecule has 0 radical (unpaired) electrons. The van der Waals surface area contributed by atoms with Gasteiger partial charge >= 0.3 is 61.3 Å². The van der Waals surface area contributed by atoms with E-state index in [4.69, 9.17) is 70.3 Å². The first-order valence-corrected chi connectivity index (χ1v) is 4.35. The summed E-state index contributed by atoms with van der Waals surface area (Å²) in [4.78, 5) is 0. The summed E-state index contributed by atoms with van der Waals surface area (Å²) in [5.41, 5.74) is 20.4. The van der Waals surface area contributed by atoms with E-state index in [-0.39, 0.29) is 73.3 Å². The van der Waals surface area contributed by atoms with Crippen LogP contribution in [0.15, 0.2) is 0 Å². The predicted octanol–water partition coefficient (Wildman–Crippen LogP) is -1.04. The van der Waals surface area contributed by atoms with Crippen LogP contribution in [0.4, 0.5) is 0 Å². The zero-order valence-electron chi connectivity index (χ0n) is 11.6. The minimum absolute atomic E-state index is 0. The van der Waals surface area contributed by atoms with Gasteiger partial charge in [0.2, 0.25) is 0 Å². The van der Waals surface area contributed by atoms with E-state index in [0.29, 0.717) is 13.1 Å². The fourth-order valence-corrected chi connectivity index (χ4v) is 0. The van der Waals surface area contributed by atoms with Gasteiger partial charge in [0.05, 0.1) is 0 Å². The first-order chi connectivity index (χ1) is 8.54. The summed E-state index contributed by atoms with van der Waals surface area (Å²) in [5, 5.41) is 25.0. The van der Waals surface area contributed by atoms with Crippen LogP contribution in [-0.2, 0) is 61.3 Å². The average Bonchev–Trinajstić information content (AvgIpc) is 2.48. The Kier molecular flexibility index (Phi) is 322. The normalized spacial score (nSPS) is 7.52. The van der Waals surface area contributed by atoms with Gasteiger partial charge in [0, 0.05) is 25.2 Å². The molecule has 8 nitrogen and oxygen atoms in total. The Labute approximate surface area is 169 Å². The average molecular weight is 705 g/mol. The van der Waals surface area contributed by atoms with Crippen molar-refractivity contribution in [2.24, 2.45) is 22.9 Å². The molecule has 2 atom stereocenters. The number of hydrogen-bond donors (Lipinski definition) is 4. The standard InChI is InChI=1S/2C3H10N2.4CN.2Au.Ni/c2*1-3(5)2-4;4*1-2;;;/h2*3H,2,4-5H2,1H3;;;;;;;/q;;4*-1;2*+1;+2. The second kappa shape index (κ2) is 115. The molecule has 8 N–H and O–H groups in total. The molecule has 0 aliphatic rings. The van der Waals surface area contributed by atoms with Gasteiger partial charge in [0.15, 0.2) is 0 Å². The van der Waals surface area contributed by atoms with E-state index in [2.05, 4.69) is 0 Å². The zero-order chi connectivity index (χ0) is 16.6. The molecule has 0 heterocycles. The van der Waals surface area contributed by atoms with Crippen LogP contribution in [0.2, 0.25) is 0 Å². The first kappa shape index (κ1) is 58.6. The molecule has 0 aliphatic carbocycles. The molecule has 0 aromatic carbocycles. The van der Waals surface area contributed by atoms with Crippen LogP contribution in [0, 0.1) is 47.3 Å². The Morgan fingerprint density at radius 1 is 0.667 bits per heavy atom. The third kappa shape index (κ3) is 439. The van der Waals surface area contributed by atoms with E-state index in [1.165, 1.54) is 0 Å². The number of nitrogens with zero attached hydrogens (tertiary/aromatic N) is 4. The molecular formula is C10H20Au2N8Ni. The van der Waals surface area contributed by atoms with Crippen molar-refractivity contribution in [2.45, 2.75) is 25.9 Å². The minimum Gasteiger partial charge on any atom is -0.512 e. The Bertz CT molecular complexity index is 151. The minimum atomic E-state index is 0. The van der Waals surface area contributed by atoms with Crippen molar-refractivity contribution in [3.8, 4) is 0 Å². The van der Waals surface area contributed by atoms with Crippen LogP contribution >= 0.6 is 0 Å². The van der Waals surface area contributed by atoms with Gasteiger partial charge in [-0.05, 0) is 13.8 Å². The Morgan fingerprint density at radius 3 is 0.714 bits per heavy atom. The van der Waals surface area contributed by atoms with Gasteiger partial charge in [-0.25, -0.2) is 0 Å². The van der Waals surface area contributed by atoms with Gasteiger partial charge in [-0.3, -0.25) is 0 Å². The summed E-state index contributed by atoms with van der Waals surface area (Å²) in [6, 6.07) is 0.324. The van der Waals surface area contributed by atoms with E-state index >= 15 is 0 Å². The van der Waals surface area contributed by atoms with Crippen molar-refractivity contribution in [3.05, 3.63) is 26.3 Å². The SMILES string of the molecule is CC(N)CN.CC(N)CN.[Au+].[Au+].[C-]#N.[C-]#N.[C-]#N.[C-]#N.[Ni+2]. The molecule has 11 heteroatoms. The van der Waals surface area contributed by atoms with E-state index in [9.17, 15) is 0 Å². The molecule has 0 saturated heterocycles. The molecule has 0 rings (SSSR count). The van der Waals surface area contributed by atoms with Crippen LogP contribution < -0.4 is 22.9 Å². The quantitative estimate of drug-likeness (QED) is 0.206. The second-order valence-corrected chi connectivity index (χ2v) is 2.43. The van der Waals surface area contributed by atoms with Crippen molar-refractivity contribution in [1.29, 1.82) is 21.0 Å². The zero-order valence-corrected chi connectivity index (χ0v) is 16.9. The molecule has 2 unspecified atom stereocenters. The van der Waals surface area contributed by atoms with Crippen LogP contribution in [-0.4, -0.2) is 25.2 Å². The van der Waals surface area contributed by atoms with Crippen LogP contribution in [0.25, 0.3) is 0 Å². The van der Waals surface area contributed by atoms with Gasteiger partial charge in [-0.1, -0.05) is 0 Å². The fraction of sp³-hybridized carbons (Fsp3) is 0.600. The van der Waals surface area contributed by atoms with Gasteiger partial charge < -0.3 is 70.3 Å². The van der Waals surface area contributed by atoms with Crippen molar-refractivity contribution >= 4 is 0 Å². The maximum atomic E-state index is 6.25. The molecule has 21 heavy (non-hydrogen) atoms. The summed E-state index contributed by atoms with van der Waals surface area (Å²) < 4.78 is 0. The van der Waals surface area contributed by atoms with Crippen LogP contribution in [0.3, 0.4) is 0 Å². The third-order valence-corrected chi connectivity index (χ3v) is 0.744. The Morgan fingerprint density at radius 2 is 0.714 bits per heavy atom. The molecular weight excluding hydrogens is 685 g/mol. The van der Waals surface area contributed by atoms with Gasteiger partial charge in [-0.15, -0.1) is 0 Å². The number of nitrogens with two attached hydrogens (primary N) is 4. The molecule has 0 amide bonds. The summed E-state index contributed by atoms with van der Waals surface area (Å²) in [6.45, 7) is 23.9. The number of hydrogen-bond acceptors (Lipinski definition) is 8. The molecule has 0 saturated carbocycles. The van der Waals surface area contributed by atoms with E-state index in [1.54, 1.807) is 0 Å². The number of rotatable bonds is 2. The van der Waals surface area contributed by atoms with Crippen LogP contribution in [0.5, 0.6) is 0 Å². The maximum Gasteiger partial charge on any atom is 2.00 e. The molecule has 0 aliphatic heterocycles. The van der Waals surface area contributed by atoms with Gasteiger partial charge in [0.25, 0.3) is 0 Å². The monoisotopic (exact) mass is 704 g/mol. The van der Waals surface area contributed by atoms with E-state index < -0.39 is 0 Å². The van der Waals surface area contributed by atoms with Crippen molar-refractivity contribution in [1.82, 2.24) is 0 Å². The fourth-order valence-electron chi connectivity index (χ4n) is 0. The Hall–Kier alpha value is -0.226. The smallest absolute Gasteiger partial charge is 0.512 e. The maximum absolute atomic E-state index is 6.25. The van der Waals surface area contributed by atoms with Gasteiger partial charge in [-0.2, -0.15) is 0 Å². The van der Waals surface area contributed by atoms with Crippen molar-refractivity contribution in [2.75, 3.05) is 13.1 Å². The summed E-state index contributed by atoms with van der Waals surface area (Å²) >= 11 is 0. The van der Waals surface area contributed by atoms with E-state index in [0.717, 1.165) is 0 Å². The van der Waals surface area contributed by atoms with Gasteiger partial charge in [0.1, 0.15) is 0 Å². The summed E-state index contributed by atoms with van der Waals surface area (Å²) in [5.74, 6) is 0. The molecule has 132 valence electrons. The topological polar surface area (TPSA) is 199 Å². The van der Waals surface area contributed by atoms with E-state index in [1.807, 2.05) is 13.8 Å². The third-order valence-electron chi connectivity index (χ3n) is 0.744. The summed E-state index contributed by atoms with van der Waals surface area (Å²) in [6.07, 6.45) is 0. The largest absolute Gasteiger partial charge is 2.00 e. The molecule has 0 aromatic rings. The molecule has 0 spiro atoms. The molecule has 0 fully saturated rings. The van der Waals surface area contributed by atoms with Crippen molar-refractivity contribution in [3.63, 3.8) is 0 Å². The molecule has 0 bridgehead atoms. The Balaban J connectivity index is -0.0000000122. The summed E-state index contributed by atoms with van der Waals surface area (Å²) in [7, 11) is 0. The predicted molar refractivity (Wildman–Crippen MR) is 65.3 cm³/mol. The van der Waals surface area contributed by atoms with Crippen LogP contribution in [0.1, 0.15) is 13.8 Å². The molecule has 0 aromatic heterocycles.